The largest absolute Gasteiger partial charge is 0.464 e. The van der Waals surface area contributed by atoms with Gasteiger partial charge in [0.05, 0.1) is 16.6 Å². The van der Waals surface area contributed by atoms with E-state index in [0.29, 0.717) is 23.2 Å². The van der Waals surface area contributed by atoms with E-state index in [1.165, 1.54) is 24.5 Å². The Balaban J connectivity index is 1.88. The van der Waals surface area contributed by atoms with Gasteiger partial charge in [-0.1, -0.05) is 24.3 Å². The van der Waals surface area contributed by atoms with E-state index in [9.17, 15) is 14.9 Å². The molecule has 0 unspecified atom stereocenters. The van der Waals surface area contributed by atoms with Crippen molar-refractivity contribution in [2.45, 2.75) is 45.7 Å². The molecule has 1 heterocycles. The molecule has 0 amide bonds. The predicted molar refractivity (Wildman–Crippen MR) is 150 cm³/mol. The average Bonchev–Trinajstić information content (AvgIpc) is 2.89. The Morgan fingerprint density at radius 3 is 1.70 bits per heavy atom. The maximum atomic E-state index is 13.7. The molecular weight excluding hydrogens is 466 g/mol. The van der Waals surface area contributed by atoms with Crippen LogP contribution in [-0.4, -0.2) is 31.1 Å². The van der Waals surface area contributed by atoms with Gasteiger partial charge in [0, 0.05) is 61.2 Å². The quantitative estimate of drug-likeness (QED) is 0.201. The molecule has 0 bridgehead atoms. The van der Waals surface area contributed by atoms with Gasteiger partial charge in [-0.2, -0.15) is 0 Å². The third-order valence-electron chi connectivity index (χ3n) is 7.12. The highest BCUT2D eigenvalue weighted by atomic mass is 16.6. The highest BCUT2D eigenvalue weighted by Gasteiger charge is 2.23. The molecular formula is C30H33N3O4. The molecule has 1 aromatic heterocycles. The fraction of sp³-hybridized carbons (Fsp3) is 0.300. The van der Waals surface area contributed by atoms with Crippen LogP contribution in [0.2, 0.25) is 0 Å². The smallest absolute Gasteiger partial charge is 0.270 e. The topological polar surface area (TPSA) is 79.8 Å². The van der Waals surface area contributed by atoms with Gasteiger partial charge in [0.2, 0.25) is 0 Å². The van der Waals surface area contributed by atoms with Gasteiger partial charge in [0.1, 0.15) is 5.58 Å². The lowest BCUT2D eigenvalue weighted by molar-refractivity contribution is -0.384. The van der Waals surface area contributed by atoms with Crippen LogP contribution in [0.25, 0.3) is 11.0 Å². The highest BCUT2D eigenvalue weighted by molar-refractivity contribution is 5.80. The van der Waals surface area contributed by atoms with Crippen LogP contribution >= 0.6 is 0 Å². The molecule has 0 radical (unpaired) electrons. The van der Waals surface area contributed by atoms with E-state index < -0.39 is 10.8 Å². The van der Waals surface area contributed by atoms with Gasteiger partial charge >= 0.3 is 0 Å². The second kappa shape index (κ2) is 10.5. The Morgan fingerprint density at radius 1 is 0.784 bits per heavy atom. The molecule has 4 aromatic rings. The van der Waals surface area contributed by atoms with Gasteiger partial charge in [-0.25, -0.2) is 0 Å². The number of nitro benzene ring substituents is 1. The molecule has 192 valence electrons. The summed E-state index contributed by atoms with van der Waals surface area (Å²) in [6.07, 6.45) is 1.49. The number of hydrogen-bond acceptors (Lipinski definition) is 6. The summed E-state index contributed by atoms with van der Waals surface area (Å²) in [6.45, 7) is 8.52. The average molecular weight is 500 g/mol. The van der Waals surface area contributed by atoms with E-state index in [2.05, 4.69) is 61.8 Å². The van der Waals surface area contributed by atoms with Gasteiger partial charge in [0.15, 0.2) is 5.43 Å². The molecule has 3 aromatic carbocycles. The van der Waals surface area contributed by atoms with Crippen LogP contribution in [0.1, 0.15) is 50.3 Å². The summed E-state index contributed by atoms with van der Waals surface area (Å²) in [7, 11) is 4.10. The lowest BCUT2D eigenvalue weighted by Gasteiger charge is -2.26. The number of nitrogens with zero attached hydrogens (tertiary/aromatic N) is 3. The third-order valence-corrected chi connectivity index (χ3v) is 7.12. The van der Waals surface area contributed by atoms with Gasteiger partial charge in [-0.05, 0) is 69.2 Å². The first kappa shape index (κ1) is 25.9. The number of fused-ring (bicyclic) bond motifs is 1. The van der Waals surface area contributed by atoms with Crippen LogP contribution in [0.15, 0.2) is 82.2 Å². The van der Waals surface area contributed by atoms with E-state index in [1.807, 2.05) is 38.4 Å². The Kier molecular flexibility index (Phi) is 7.34. The minimum Gasteiger partial charge on any atom is -0.464 e. The maximum absolute atomic E-state index is 13.7. The highest BCUT2D eigenvalue weighted by Crippen LogP contribution is 2.34. The molecule has 0 N–H and O–H groups in total. The lowest BCUT2D eigenvalue weighted by atomic mass is 9.85. The summed E-state index contributed by atoms with van der Waals surface area (Å²) in [5.41, 5.74) is 4.35. The van der Waals surface area contributed by atoms with Crippen LogP contribution in [0, 0.1) is 10.1 Å². The molecule has 0 aliphatic rings. The Bertz CT molecular complexity index is 1400. The normalized spacial score (nSPS) is 11.5. The summed E-state index contributed by atoms with van der Waals surface area (Å²) in [6, 6.07) is 21.1. The molecule has 0 spiro atoms. The molecule has 0 saturated carbocycles. The first-order valence-corrected chi connectivity index (χ1v) is 12.4. The number of benzene rings is 3. The van der Waals surface area contributed by atoms with E-state index in [4.69, 9.17) is 4.42 Å². The molecule has 7 nitrogen and oxygen atoms in total. The number of rotatable bonds is 8. The molecule has 7 heteroatoms. The summed E-state index contributed by atoms with van der Waals surface area (Å²) >= 11 is 0. The third kappa shape index (κ3) is 5.21. The van der Waals surface area contributed by atoms with Crippen LogP contribution < -0.4 is 15.2 Å². The summed E-state index contributed by atoms with van der Waals surface area (Å²) in [5.74, 6) is -0.406. The monoisotopic (exact) mass is 499 g/mol. The first-order chi connectivity index (χ1) is 17.6. The molecule has 37 heavy (non-hydrogen) atoms. The van der Waals surface area contributed by atoms with Crippen molar-refractivity contribution in [1.82, 2.24) is 0 Å². The summed E-state index contributed by atoms with van der Waals surface area (Å²) < 4.78 is 5.83. The second-order valence-electron chi connectivity index (χ2n) is 9.98. The fourth-order valence-electron chi connectivity index (χ4n) is 4.40. The minimum atomic E-state index is -0.503. The maximum Gasteiger partial charge on any atom is 0.270 e. The zero-order valence-electron chi connectivity index (χ0n) is 22.1. The van der Waals surface area contributed by atoms with Crippen molar-refractivity contribution < 1.29 is 9.34 Å². The first-order valence-electron chi connectivity index (χ1n) is 12.4. The van der Waals surface area contributed by atoms with Crippen LogP contribution in [0.4, 0.5) is 17.1 Å². The Hall–Kier alpha value is -4.13. The van der Waals surface area contributed by atoms with Crippen molar-refractivity contribution in [3.05, 3.63) is 110 Å². The van der Waals surface area contributed by atoms with Gasteiger partial charge in [0.25, 0.3) is 5.69 Å². The van der Waals surface area contributed by atoms with Crippen LogP contribution in [0.5, 0.6) is 0 Å². The van der Waals surface area contributed by atoms with Gasteiger partial charge in [-0.3, -0.25) is 14.9 Å². The summed E-state index contributed by atoms with van der Waals surface area (Å²) in [4.78, 5) is 28.9. The number of nitro groups is 1. The van der Waals surface area contributed by atoms with E-state index in [1.54, 1.807) is 0 Å². The van der Waals surface area contributed by atoms with Crippen molar-refractivity contribution >= 4 is 28.0 Å². The van der Waals surface area contributed by atoms with Gasteiger partial charge < -0.3 is 14.2 Å². The minimum absolute atomic E-state index is 0.143. The van der Waals surface area contributed by atoms with E-state index in [0.717, 1.165) is 22.5 Å². The molecule has 0 atom stereocenters. The van der Waals surface area contributed by atoms with Crippen LogP contribution in [0.3, 0.4) is 0 Å². The molecule has 0 saturated heterocycles. The predicted octanol–water partition coefficient (Wildman–Crippen LogP) is 6.57. The number of anilines is 2. The Labute approximate surface area is 217 Å². The zero-order chi connectivity index (χ0) is 26.9. The zero-order valence-corrected chi connectivity index (χ0v) is 22.1. The van der Waals surface area contributed by atoms with Crippen molar-refractivity contribution in [1.29, 1.82) is 0 Å². The molecule has 0 aliphatic heterocycles. The molecule has 0 fully saturated rings. The summed E-state index contributed by atoms with van der Waals surface area (Å²) in [5, 5.41) is 11.6. The van der Waals surface area contributed by atoms with Crippen molar-refractivity contribution in [2.75, 3.05) is 23.9 Å². The van der Waals surface area contributed by atoms with E-state index in [-0.39, 0.29) is 16.5 Å². The number of hydrogen-bond donors (Lipinski definition) is 0. The fourth-order valence-corrected chi connectivity index (χ4v) is 4.40. The lowest BCUT2D eigenvalue weighted by Crippen LogP contribution is -2.25. The van der Waals surface area contributed by atoms with Crippen molar-refractivity contribution in [3.8, 4) is 0 Å². The molecule has 0 aliphatic carbocycles. The second-order valence-corrected chi connectivity index (χ2v) is 9.98. The standard InChI is InChI=1S/C30H33N3O4/c1-19(2)31(5)23-11-7-21(8-12-23)29(22-9-13-24(14-10-22)32(6)20(3)4)27-18-37-28-16-15-25(33(35)36)17-26(28)30(27)34/h7-20,29H,1-6H3. The van der Waals surface area contributed by atoms with E-state index >= 15 is 0 Å². The SMILES string of the molecule is CC(C)N(C)c1ccc(C(c2ccc(N(C)C(C)C)cc2)c2coc3ccc([N+](=O)[O-])cc3c2=O)cc1. The van der Waals surface area contributed by atoms with Gasteiger partial charge in [-0.15, -0.1) is 0 Å². The number of non-ortho nitro benzene ring substituents is 1. The Morgan fingerprint density at radius 2 is 1.27 bits per heavy atom. The van der Waals surface area contributed by atoms with Crippen molar-refractivity contribution in [3.63, 3.8) is 0 Å². The van der Waals surface area contributed by atoms with Crippen LogP contribution in [-0.2, 0) is 0 Å². The molecule has 4 rings (SSSR count). The van der Waals surface area contributed by atoms with Crippen molar-refractivity contribution in [2.24, 2.45) is 0 Å².